The summed E-state index contributed by atoms with van der Waals surface area (Å²) in [5.41, 5.74) is 4.48. The van der Waals surface area contributed by atoms with Gasteiger partial charge in [-0.15, -0.1) is 11.3 Å². The van der Waals surface area contributed by atoms with Gasteiger partial charge in [0.1, 0.15) is 11.4 Å². The largest absolute Gasteiger partial charge is 0.478 e. The molecule has 4 rings (SSSR count). The molecule has 2 heterocycles. The number of pyridine rings is 1. The van der Waals surface area contributed by atoms with Gasteiger partial charge in [-0.2, -0.15) is 0 Å². The zero-order valence-corrected chi connectivity index (χ0v) is 12.9. The molecule has 0 radical (unpaired) electrons. The summed E-state index contributed by atoms with van der Waals surface area (Å²) in [4.78, 5) is 19.8. The van der Waals surface area contributed by atoms with Gasteiger partial charge in [0.25, 0.3) is 0 Å². The van der Waals surface area contributed by atoms with Gasteiger partial charge in [-0.1, -0.05) is 0 Å². The van der Waals surface area contributed by atoms with E-state index in [1.165, 1.54) is 6.20 Å². The van der Waals surface area contributed by atoms with Crippen LogP contribution in [-0.2, 0) is 0 Å². The Balaban J connectivity index is 1.63. The highest BCUT2D eigenvalue weighted by Crippen LogP contribution is 2.29. The van der Waals surface area contributed by atoms with Gasteiger partial charge in [-0.25, -0.2) is 14.8 Å². The average molecular weight is 326 g/mol. The summed E-state index contributed by atoms with van der Waals surface area (Å²) in [5.74, 6) is -0.361. The van der Waals surface area contributed by atoms with Gasteiger partial charge < -0.3 is 15.7 Å². The normalized spacial score (nSPS) is 13.9. The van der Waals surface area contributed by atoms with E-state index in [1.54, 1.807) is 17.4 Å². The van der Waals surface area contributed by atoms with Crippen molar-refractivity contribution >= 4 is 44.7 Å². The second-order valence-corrected chi connectivity index (χ2v) is 6.39. The summed E-state index contributed by atoms with van der Waals surface area (Å²) in [6.45, 7) is 0. The van der Waals surface area contributed by atoms with E-state index in [0.717, 1.165) is 28.7 Å². The van der Waals surface area contributed by atoms with Crippen LogP contribution < -0.4 is 10.6 Å². The first kappa shape index (κ1) is 14.0. The minimum absolute atomic E-state index is 0.195. The number of aromatic carboxylic acids is 1. The smallest absolute Gasteiger partial charge is 0.339 e. The Bertz CT molecular complexity index is 889. The third-order valence-corrected chi connectivity index (χ3v) is 4.47. The number of nitrogens with one attached hydrogen (secondary N) is 2. The molecule has 3 aromatic rings. The first-order valence-corrected chi connectivity index (χ1v) is 8.17. The molecule has 0 aliphatic heterocycles. The quantitative estimate of drug-likeness (QED) is 0.662. The molecule has 0 amide bonds. The van der Waals surface area contributed by atoms with Crippen LogP contribution in [0.5, 0.6) is 0 Å². The van der Waals surface area contributed by atoms with Crippen molar-refractivity contribution in [2.75, 3.05) is 10.6 Å². The third-order valence-electron chi connectivity index (χ3n) is 3.68. The van der Waals surface area contributed by atoms with Crippen LogP contribution in [0.25, 0.3) is 10.2 Å². The molecule has 0 bridgehead atoms. The molecule has 0 unspecified atom stereocenters. The summed E-state index contributed by atoms with van der Waals surface area (Å²) in [7, 11) is 0. The number of benzene rings is 1. The van der Waals surface area contributed by atoms with E-state index in [1.807, 2.05) is 23.7 Å². The number of carboxylic acids is 1. The minimum Gasteiger partial charge on any atom is -0.478 e. The standard InChI is InChI=1S/C16H14N4O2S/c21-16(22)11-7-17-15(6-13(11)19-9-1-2-9)20-10-3-4-12-14(5-10)23-8-18-12/h3-9H,1-2H2,(H,21,22)(H2,17,19,20). The van der Waals surface area contributed by atoms with E-state index in [0.29, 0.717) is 17.5 Å². The monoisotopic (exact) mass is 326 g/mol. The van der Waals surface area contributed by atoms with Crippen LogP contribution in [0.3, 0.4) is 0 Å². The van der Waals surface area contributed by atoms with E-state index in [4.69, 9.17) is 0 Å². The van der Waals surface area contributed by atoms with Crippen molar-refractivity contribution in [3.05, 3.63) is 41.5 Å². The maximum Gasteiger partial charge on any atom is 0.339 e. The van der Waals surface area contributed by atoms with Gasteiger partial charge in [0, 0.05) is 24.0 Å². The number of anilines is 3. The molecule has 0 atom stereocenters. The minimum atomic E-state index is -0.974. The second kappa shape index (κ2) is 5.51. The van der Waals surface area contributed by atoms with Crippen molar-refractivity contribution in [1.82, 2.24) is 9.97 Å². The highest BCUT2D eigenvalue weighted by Gasteiger charge is 2.23. The molecular weight excluding hydrogens is 312 g/mol. The van der Waals surface area contributed by atoms with Crippen molar-refractivity contribution in [3.8, 4) is 0 Å². The van der Waals surface area contributed by atoms with Crippen molar-refractivity contribution in [1.29, 1.82) is 0 Å². The van der Waals surface area contributed by atoms with Crippen LogP contribution >= 0.6 is 11.3 Å². The lowest BCUT2D eigenvalue weighted by Gasteiger charge is -2.11. The third kappa shape index (κ3) is 2.95. The Morgan fingerprint density at radius 1 is 1.26 bits per heavy atom. The van der Waals surface area contributed by atoms with Crippen molar-refractivity contribution < 1.29 is 9.90 Å². The second-order valence-electron chi connectivity index (χ2n) is 5.50. The van der Waals surface area contributed by atoms with Gasteiger partial charge in [0.15, 0.2) is 0 Å². The maximum absolute atomic E-state index is 11.3. The number of hydrogen-bond acceptors (Lipinski definition) is 6. The van der Waals surface area contributed by atoms with E-state index >= 15 is 0 Å². The Hall–Kier alpha value is -2.67. The van der Waals surface area contributed by atoms with Crippen LogP contribution in [0, 0.1) is 0 Å². The molecule has 116 valence electrons. The fourth-order valence-corrected chi connectivity index (χ4v) is 3.06. The van der Waals surface area contributed by atoms with Crippen LogP contribution in [0.15, 0.2) is 36.0 Å². The summed E-state index contributed by atoms with van der Waals surface area (Å²) in [6.07, 6.45) is 3.54. The molecular formula is C16H14N4O2S. The molecule has 1 fully saturated rings. The first-order valence-electron chi connectivity index (χ1n) is 7.29. The van der Waals surface area contributed by atoms with E-state index in [9.17, 15) is 9.90 Å². The van der Waals surface area contributed by atoms with Crippen LogP contribution in [0.1, 0.15) is 23.2 Å². The van der Waals surface area contributed by atoms with Gasteiger partial charge in [-0.3, -0.25) is 0 Å². The zero-order chi connectivity index (χ0) is 15.8. The molecule has 0 saturated heterocycles. The molecule has 6 nitrogen and oxygen atoms in total. The highest BCUT2D eigenvalue weighted by atomic mass is 32.1. The SMILES string of the molecule is O=C(O)c1cnc(Nc2ccc3ncsc3c2)cc1NC1CC1. The number of thiazole rings is 1. The Kier molecular flexibility index (Phi) is 3.34. The Morgan fingerprint density at radius 3 is 2.91 bits per heavy atom. The topological polar surface area (TPSA) is 87.1 Å². The maximum atomic E-state index is 11.3. The number of rotatable bonds is 5. The molecule has 1 aliphatic carbocycles. The van der Waals surface area contributed by atoms with Gasteiger partial charge in [0.2, 0.25) is 0 Å². The molecule has 0 spiro atoms. The predicted molar refractivity (Wildman–Crippen MR) is 90.7 cm³/mol. The fourth-order valence-electron chi connectivity index (χ4n) is 2.34. The number of carboxylic acid groups (broad SMARTS) is 1. The molecule has 3 N–H and O–H groups in total. The first-order chi connectivity index (χ1) is 11.2. The predicted octanol–water partition coefficient (Wildman–Crippen LogP) is 3.71. The molecule has 2 aromatic heterocycles. The lowest BCUT2D eigenvalue weighted by atomic mass is 10.2. The Morgan fingerprint density at radius 2 is 2.13 bits per heavy atom. The molecule has 1 aliphatic rings. The number of aromatic nitrogens is 2. The van der Waals surface area contributed by atoms with Crippen molar-refractivity contribution in [3.63, 3.8) is 0 Å². The fraction of sp³-hybridized carbons (Fsp3) is 0.188. The van der Waals surface area contributed by atoms with Gasteiger partial charge >= 0.3 is 5.97 Å². The van der Waals surface area contributed by atoms with Crippen LogP contribution in [-0.4, -0.2) is 27.1 Å². The van der Waals surface area contributed by atoms with E-state index in [2.05, 4.69) is 20.6 Å². The molecule has 1 saturated carbocycles. The number of hydrogen-bond donors (Lipinski definition) is 3. The zero-order valence-electron chi connectivity index (χ0n) is 12.1. The van der Waals surface area contributed by atoms with Crippen molar-refractivity contribution in [2.24, 2.45) is 0 Å². The summed E-state index contributed by atoms with van der Waals surface area (Å²) in [5, 5.41) is 15.7. The summed E-state index contributed by atoms with van der Waals surface area (Å²) < 4.78 is 1.09. The van der Waals surface area contributed by atoms with Gasteiger partial charge in [-0.05, 0) is 31.0 Å². The van der Waals surface area contributed by atoms with Gasteiger partial charge in [0.05, 0.1) is 21.4 Å². The van der Waals surface area contributed by atoms with Crippen LogP contribution in [0.2, 0.25) is 0 Å². The molecule has 23 heavy (non-hydrogen) atoms. The van der Waals surface area contributed by atoms with E-state index < -0.39 is 5.97 Å². The average Bonchev–Trinajstić information content (AvgIpc) is 3.22. The number of carbonyl (C=O) groups is 1. The number of fused-ring (bicyclic) bond motifs is 1. The Labute approximate surface area is 136 Å². The summed E-state index contributed by atoms with van der Waals surface area (Å²) >= 11 is 1.58. The summed E-state index contributed by atoms with van der Waals surface area (Å²) in [6, 6.07) is 8.01. The van der Waals surface area contributed by atoms with E-state index in [-0.39, 0.29) is 5.56 Å². The number of nitrogens with zero attached hydrogens (tertiary/aromatic N) is 2. The molecule has 1 aromatic carbocycles. The highest BCUT2D eigenvalue weighted by molar-refractivity contribution is 7.16. The molecule has 7 heteroatoms. The lowest BCUT2D eigenvalue weighted by molar-refractivity contribution is 0.0697. The van der Waals surface area contributed by atoms with Crippen molar-refractivity contribution in [2.45, 2.75) is 18.9 Å². The van der Waals surface area contributed by atoms with Crippen LogP contribution in [0.4, 0.5) is 17.2 Å². The lowest BCUT2D eigenvalue weighted by Crippen LogP contribution is -2.09.